The van der Waals surface area contributed by atoms with Crippen LogP contribution in [0, 0.1) is 11.6 Å². The molecule has 3 aromatic carbocycles. The summed E-state index contributed by atoms with van der Waals surface area (Å²) in [5, 5.41) is 14.4. The molecule has 0 radical (unpaired) electrons. The number of sulfonamides is 1. The Kier molecular flexibility index (Phi) is 8.11. The van der Waals surface area contributed by atoms with Crippen LogP contribution in [0.1, 0.15) is 42.9 Å². The van der Waals surface area contributed by atoms with E-state index in [4.69, 9.17) is 16.3 Å². The van der Waals surface area contributed by atoms with Crippen LogP contribution in [0.5, 0.6) is 0 Å². The number of piperidine rings is 1. The van der Waals surface area contributed by atoms with Gasteiger partial charge in [0, 0.05) is 48.4 Å². The maximum atomic E-state index is 15.8. The van der Waals surface area contributed by atoms with Gasteiger partial charge in [-0.1, -0.05) is 17.7 Å². The number of likely N-dealkylation sites (tertiary alicyclic amines) is 1. The zero-order valence-corrected chi connectivity index (χ0v) is 25.8. The van der Waals surface area contributed by atoms with E-state index in [9.17, 15) is 13.5 Å². The molecule has 1 aromatic heterocycles. The van der Waals surface area contributed by atoms with Gasteiger partial charge in [-0.15, -0.1) is 0 Å². The molecule has 0 amide bonds. The molecular formula is C32H32ClF2N5O4S. The van der Waals surface area contributed by atoms with Crippen molar-refractivity contribution in [3.05, 3.63) is 76.4 Å². The molecule has 0 bridgehead atoms. The first kappa shape index (κ1) is 30.2. The summed E-state index contributed by atoms with van der Waals surface area (Å²) in [7, 11) is -4.32. The summed E-state index contributed by atoms with van der Waals surface area (Å²) in [5.41, 5.74) is 0.867. The first-order chi connectivity index (χ1) is 21.7. The second-order valence-electron chi connectivity index (χ2n) is 11.9. The maximum absolute atomic E-state index is 15.8. The summed E-state index contributed by atoms with van der Waals surface area (Å²) < 4.78 is 65.5. The predicted octanol–water partition coefficient (Wildman–Crippen LogP) is 5.67. The van der Waals surface area contributed by atoms with Gasteiger partial charge >= 0.3 is 0 Å². The normalized spacial score (nSPS) is 20.9. The van der Waals surface area contributed by atoms with Crippen molar-refractivity contribution >= 4 is 44.2 Å². The van der Waals surface area contributed by atoms with Crippen LogP contribution in [0.4, 0.5) is 20.4 Å². The highest BCUT2D eigenvalue weighted by atomic mass is 35.5. The standard InChI is InChI=1S/C32H32ClF2N5O4S/c33-20-14-24-23(2-6-28(24)41)29(15-20)45(42,43)39-27-5-3-25(34)30(31(27)35)18-1-4-26-19(13-18)16-36-32(38-26)37-21-7-10-40(11-8-21)22-9-12-44-17-22/h1,3-5,13-16,21-22,28,39,41H,2,6-12,17H2,(H,36,37,38)/t22?,28-/m1/s1. The Morgan fingerprint density at radius 3 is 2.64 bits per heavy atom. The lowest BCUT2D eigenvalue weighted by molar-refractivity contribution is 0.124. The zero-order chi connectivity index (χ0) is 31.3. The van der Waals surface area contributed by atoms with Gasteiger partial charge in [-0.3, -0.25) is 9.62 Å². The average molecular weight is 656 g/mol. The van der Waals surface area contributed by atoms with Crippen molar-refractivity contribution in [1.29, 1.82) is 0 Å². The molecule has 0 spiro atoms. The fourth-order valence-electron chi connectivity index (χ4n) is 6.63. The molecule has 9 nitrogen and oxygen atoms in total. The van der Waals surface area contributed by atoms with E-state index in [-0.39, 0.29) is 27.1 Å². The third kappa shape index (κ3) is 5.97. The number of nitrogens with one attached hydrogen (secondary N) is 2. The van der Waals surface area contributed by atoms with Crippen molar-refractivity contribution in [2.45, 2.75) is 55.2 Å². The summed E-state index contributed by atoms with van der Waals surface area (Å²) in [6.45, 7) is 3.60. The van der Waals surface area contributed by atoms with Gasteiger partial charge < -0.3 is 15.2 Å². The molecule has 2 saturated heterocycles. The van der Waals surface area contributed by atoms with Crippen molar-refractivity contribution < 1.29 is 27.0 Å². The Hall–Kier alpha value is -3.42. The smallest absolute Gasteiger partial charge is 0.262 e. The number of fused-ring (bicyclic) bond motifs is 2. The van der Waals surface area contributed by atoms with Crippen LogP contribution in [0.3, 0.4) is 0 Å². The molecular weight excluding hydrogens is 624 g/mol. The second-order valence-corrected chi connectivity index (χ2v) is 13.9. The topological polar surface area (TPSA) is 117 Å². The molecule has 3 aliphatic rings. The third-order valence-electron chi connectivity index (χ3n) is 9.01. The summed E-state index contributed by atoms with van der Waals surface area (Å²) in [6.07, 6.45) is 4.47. The highest BCUT2D eigenvalue weighted by Crippen LogP contribution is 2.39. The van der Waals surface area contributed by atoms with Gasteiger partial charge in [0.2, 0.25) is 5.95 Å². The average Bonchev–Trinajstić information content (AvgIpc) is 3.69. The summed E-state index contributed by atoms with van der Waals surface area (Å²) in [6, 6.07) is 10.4. The number of aromatic nitrogens is 2. The van der Waals surface area contributed by atoms with Crippen molar-refractivity contribution in [3.63, 3.8) is 0 Å². The fraction of sp³-hybridized carbons (Fsp3) is 0.375. The second kappa shape index (κ2) is 12.1. The molecule has 236 valence electrons. The number of hydrogen-bond donors (Lipinski definition) is 3. The highest BCUT2D eigenvalue weighted by Gasteiger charge is 2.31. The summed E-state index contributed by atoms with van der Waals surface area (Å²) >= 11 is 6.15. The van der Waals surface area contributed by atoms with Crippen molar-refractivity contribution in [1.82, 2.24) is 14.9 Å². The fourth-order valence-corrected chi connectivity index (χ4v) is 8.30. The quantitative estimate of drug-likeness (QED) is 0.233. The maximum Gasteiger partial charge on any atom is 0.262 e. The van der Waals surface area contributed by atoms with Crippen LogP contribution in [0.15, 0.2) is 53.6 Å². The van der Waals surface area contributed by atoms with Gasteiger partial charge in [-0.25, -0.2) is 27.2 Å². The van der Waals surface area contributed by atoms with Crippen LogP contribution >= 0.6 is 11.6 Å². The molecule has 13 heteroatoms. The van der Waals surface area contributed by atoms with Gasteiger partial charge in [-0.05, 0) is 85.2 Å². The SMILES string of the molecule is O=S(=O)(Nc1ccc(F)c(-c2ccc3nc(NC4CCN(C5CCOC5)CC4)ncc3c2)c1F)c1cc(Cl)cc2c1CC[C@H]2O. The molecule has 2 fully saturated rings. The van der Waals surface area contributed by atoms with E-state index in [0.717, 1.165) is 57.7 Å². The van der Waals surface area contributed by atoms with E-state index in [1.807, 2.05) is 0 Å². The lowest BCUT2D eigenvalue weighted by atomic mass is 10.0. The summed E-state index contributed by atoms with van der Waals surface area (Å²) in [5.74, 6) is -1.42. The number of halogens is 3. The molecule has 7 rings (SSSR count). The minimum absolute atomic E-state index is 0.132. The van der Waals surface area contributed by atoms with Crippen LogP contribution < -0.4 is 10.0 Å². The first-order valence-corrected chi connectivity index (χ1v) is 16.9. The van der Waals surface area contributed by atoms with E-state index < -0.39 is 33.4 Å². The number of hydrogen-bond acceptors (Lipinski definition) is 8. The van der Waals surface area contributed by atoms with E-state index in [1.165, 1.54) is 12.1 Å². The molecule has 45 heavy (non-hydrogen) atoms. The Balaban J connectivity index is 1.11. The minimum Gasteiger partial charge on any atom is -0.388 e. The first-order valence-electron chi connectivity index (χ1n) is 15.0. The lowest BCUT2D eigenvalue weighted by Gasteiger charge is -2.35. The van der Waals surface area contributed by atoms with E-state index in [2.05, 4.69) is 24.9 Å². The van der Waals surface area contributed by atoms with Gasteiger partial charge in [0.1, 0.15) is 5.82 Å². The summed E-state index contributed by atoms with van der Waals surface area (Å²) in [4.78, 5) is 11.4. The van der Waals surface area contributed by atoms with Gasteiger partial charge in [0.25, 0.3) is 10.0 Å². The monoisotopic (exact) mass is 655 g/mol. The number of aliphatic hydroxyl groups is 1. The molecule has 3 N–H and O–H groups in total. The van der Waals surface area contributed by atoms with Gasteiger partial charge in [-0.2, -0.15) is 0 Å². The zero-order valence-electron chi connectivity index (χ0n) is 24.3. The molecule has 4 aromatic rings. The van der Waals surface area contributed by atoms with Crippen molar-refractivity contribution in [3.8, 4) is 11.1 Å². The van der Waals surface area contributed by atoms with Crippen molar-refractivity contribution in [2.75, 3.05) is 36.3 Å². The molecule has 1 unspecified atom stereocenters. The molecule has 1 aliphatic carbocycles. The largest absolute Gasteiger partial charge is 0.388 e. The molecule has 2 atom stereocenters. The van der Waals surface area contributed by atoms with Crippen LogP contribution in [-0.2, 0) is 21.2 Å². The van der Waals surface area contributed by atoms with Crippen LogP contribution in [0.2, 0.25) is 5.02 Å². The highest BCUT2D eigenvalue weighted by molar-refractivity contribution is 7.92. The van der Waals surface area contributed by atoms with Gasteiger partial charge in [0.05, 0.1) is 34.4 Å². The van der Waals surface area contributed by atoms with Crippen molar-refractivity contribution in [2.24, 2.45) is 0 Å². The number of ether oxygens (including phenoxy) is 1. The lowest BCUT2D eigenvalue weighted by Crippen LogP contribution is -2.45. The Labute approximate surface area is 264 Å². The van der Waals surface area contributed by atoms with Crippen LogP contribution in [-0.4, -0.2) is 66.8 Å². The number of rotatable bonds is 7. The van der Waals surface area contributed by atoms with E-state index >= 15 is 8.78 Å². The Morgan fingerprint density at radius 1 is 1.04 bits per heavy atom. The Morgan fingerprint density at radius 2 is 1.87 bits per heavy atom. The molecule has 2 aliphatic heterocycles. The van der Waals surface area contributed by atoms with E-state index in [0.29, 0.717) is 46.9 Å². The molecule has 3 heterocycles. The van der Waals surface area contributed by atoms with E-state index in [1.54, 1.807) is 24.4 Å². The number of aliphatic hydroxyl groups excluding tert-OH is 1. The minimum atomic E-state index is -4.32. The number of nitrogens with zero attached hydrogens (tertiary/aromatic N) is 3. The molecule has 0 saturated carbocycles. The third-order valence-corrected chi connectivity index (χ3v) is 10.7. The number of anilines is 2. The van der Waals surface area contributed by atoms with Crippen LogP contribution in [0.25, 0.3) is 22.0 Å². The Bertz CT molecular complexity index is 1880. The van der Waals surface area contributed by atoms with Gasteiger partial charge in [0.15, 0.2) is 5.82 Å². The predicted molar refractivity (Wildman–Crippen MR) is 168 cm³/mol. The number of benzene rings is 3.